The number of anilines is 1. The fourth-order valence-electron chi connectivity index (χ4n) is 3.19. The van der Waals surface area contributed by atoms with Crippen molar-refractivity contribution in [3.8, 4) is 5.75 Å². The van der Waals surface area contributed by atoms with Gasteiger partial charge >= 0.3 is 0 Å². The molecule has 136 valence electrons. The number of nitro groups is 2. The van der Waals surface area contributed by atoms with Gasteiger partial charge in [0.15, 0.2) is 0 Å². The number of ether oxygens (including phenoxy) is 1. The van der Waals surface area contributed by atoms with E-state index in [2.05, 4.69) is 0 Å². The molecule has 0 saturated carbocycles. The first-order chi connectivity index (χ1) is 12.5. The van der Waals surface area contributed by atoms with E-state index < -0.39 is 9.85 Å². The molecule has 2 aromatic carbocycles. The zero-order chi connectivity index (χ0) is 18.5. The molecule has 0 radical (unpaired) electrons. The SMILES string of the molecule is O=[N+]([O-])c1ccc(N2CCCC(COc3ccccc3)C2)c([N+](=O)[O-])c1. The van der Waals surface area contributed by atoms with Crippen LogP contribution >= 0.6 is 0 Å². The molecular formula is C18H19N3O5. The third kappa shape index (κ3) is 4.08. The Morgan fingerprint density at radius 2 is 1.85 bits per heavy atom. The first-order valence-corrected chi connectivity index (χ1v) is 8.40. The van der Waals surface area contributed by atoms with Gasteiger partial charge in [0.1, 0.15) is 11.4 Å². The maximum Gasteiger partial charge on any atom is 0.299 e. The second kappa shape index (κ2) is 7.81. The molecule has 1 aliphatic heterocycles. The van der Waals surface area contributed by atoms with Crippen LogP contribution in [0.1, 0.15) is 12.8 Å². The predicted molar refractivity (Wildman–Crippen MR) is 96.6 cm³/mol. The smallest absolute Gasteiger partial charge is 0.299 e. The Kier molecular flexibility index (Phi) is 5.31. The maximum absolute atomic E-state index is 11.4. The third-order valence-electron chi connectivity index (χ3n) is 4.46. The number of hydrogen-bond acceptors (Lipinski definition) is 6. The molecule has 0 spiro atoms. The van der Waals surface area contributed by atoms with Crippen LogP contribution < -0.4 is 9.64 Å². The van der Waals surface area contributed by atoms with E-state index >= 15 is 0 Å². The molecule has 1 aliphatic rings. The monoisotopic (exact) mass is 357 g/mol. The van der Waals surface area contributed by atoms with Crippen molar-refractivity contribution in [3.63, 3.8) is 0 Å². The average molecular weight is 357 g/mol. The van der Waals surface area contributed by atoms with Gasteiger partial charge in [-0.1, -0.05) is 18.2 Å². The van der Waals surface area contributed by atoms with Crippen LogP contribution in [0.2, 0.25) is 0 Å². The van der Waals surface area contributed by atoms with Gasteiger partial charge in [0.05, 0.1) is 22.5 Å². The number of non-ortho nitro benzene ring substituents is 1. The minimum atomic E-state index is -0.622. The van der Waals surface area contributed by atoms with Crippen molar-refractivity contribution in [2.75, 3.05) is 24.6 Å². The molecule has 8 heteroatoms. The minimum Gasteiger partial charge on any atom is -0.493 e. The molecule has 3 rings (SSSR count). The van der Waals surface area contributed by atoms with Crippen molar-refractivity contribution < 1.29 is 14.6 Å². The van der Waals surface area contributed by atoms with Gasteiger partial charge in [-0.25, -0.2) is 0 Å². The number of rotatable bonds is 6. The molecule has 1 fully saturated rings. The van der Waals surface area contributed by atoms with E-state index in [1.165, 1.54) is 12.1 Å². The minimum absolute atomic E-state index is 0.233. The van der Waals surface area contributed by atoms with Crippen molar-refractivity contribution >= 4 is 17.1 Å². The van der Waals surface area contributed by atoms with Gasteiger partial charge < -0.3 is 9.64 Å². The highest BCUT2D eigenvalue weighted by molar-refractivity contribution is 5.67. The van der Waals surface area contributed by atoms with E-state index in [1.54, 1.807) is 0 Å². The molecule has 26 heavy (non-hydrogen) atoms. The van der Waals surface area contributed by atoms with Gasteiger partial charge in [-0.3, -0.25) is 20.2 Å². The molecular weight excluding hydrogens is 338 g/mol. The highest BCUT2D eigenvalue weighted by Crippen LogP contribution is 2.34. The van der Waals surface area contributed by atoms with Gasteiger partial charge in [-0.2, -0.15) is 0 Å². The Bertz CT molecular complexity index is 797. The summed E-state index contributed by atoms with van der Waals surface area (Å²) in [6, 6.07) is 13.3. The number of nitro benzene ring substituents is 2. The van der Waals surface area contributed by atoms with E-state index in [-0.39, 0.29) is 17.3 Å². The second-order valence-electron chi connectivity index (χ2n) is 6.27. The lowest BCUT2D eigenvalue weighted by Gasteiger charge is -2.33. The summed E-state index contributed by atoms with van der Waals surface area (Å²) in [5, 5.41) is 22.3. The van der Waals surface area contributed by atoms with Crippen LogP contribution in [0.15, 0.2) is 48.5 Å². The quantitative estimate of drug-likeness (QED) is 0.576. The lowest BCUT2D eigenvalue weighted by molar-refractivity contribution is -0.393. The normalized spacial score (nSPS) is 16.9. The zero-order valence-corrected chi connectivity index (χ0v) is 14.1. The second-order valence-corrected chi connectivity index (χ2v) is 6.27. The highest BCUT2D eigenvalue weighted by Gasteiger charge is 2.27. The van der Waals surface area contributed by atoms with Crippen LogP contribution in [0.25, 0.3) is 0 Å². The first-order valence-electron chi connectivity index (χ1n) is 8.40. The van der Waals surface area contributed by atoms with Crippen LogP contribution in [0.4, 0.5) is 17.1 Å². The fraction of sp³-hybridized carbons (Fsp3) is 0.333. The molecule has 1 atom stereocenters. The number of piperidine rings is 1. The lowest BCUT2D eigenvalue weighted by atomic mass is 9.98. The van der Waals surface area contributed by atoms with E-state index in [9.17, 15) is 20.2 Å². The summed E-state index contributed by atoms with van der Waals surface area (Å²) >= 11 is 0. The zero-order valence-electron chi connectivity index (χ0n) is 14.1. The average Bonchev–Trinajstić information content (AvgIpc) is 2.67. The molecule has 1 saturated heterocycles. The predicted octanol–water partition coefficient (Wildman–Crippen LogP) is 3.80. The Labute approximate surface area is 150 Å². The number of benzene rings is 2. The lowest BCUT2D eigenvalue weighted by Crippen LogP contribution is -2.38. The topological polar surface area (TPSA) is 98.8 Å². The van der Waals surface area contributed by atoms with Crippen molar-refractivity contribution in [1.29, 1.82) is 0 Å². The Hall–Kier alpha value is -3.16. The molecule has 0 amide bonds. The van der Waals surface area contributed by atoms with Gasteiger partial charge in [-0.05, 0) is 31.0 Å². The molecule has 0 aromatic heterocycles. The van der Waals surface area contributed by atoms with Crippen molar-refractivity contribution in [2.24, 2.45) is 5.92 Å². The van der Waals surface area contributed by atoms with E-state index in [0.29, 0.717) is 25.4 Å². The Morgan fingerprint density at radius 1 is 1.08 bits per heavy atom. The van der Waals surface area contributed by atoms with Crippen LogP contribution in [0.3, 0.4) is 0 Å². The van der Waals surface area contributed by atoms with E-state index in [1.807, 2.05) is 35.2 Å². The summed E-state index contributed by atoms with van der Waals surface area (Å²) in [5.74, 6) is 1.03. The molecule has 1 heterocycles. The van der Waals surface area contributed by atoms with Crippen LogP contribution in [0.5, 0.6) is 5.75 Å². The van der Waals surface area contributed by atoms with Gasteiger partial charge in [-0.15, -0.1) is 0 Å². The summed E-state index contributed by atoms with van der Waals surface area (Å²) in [6.45, 7) is 1.83. The third-order valence-corrected chi connectivity index (χ3v) is 4.46. The highest BCUT2D eigenvalue weighted by atomic mass is 16.6. The van der Waals surface area contributed by atoms with E-state index in [4.69, 9.17) is 4.74 Å². The number of nitrogens with zero attached hydrogens (tertiary/aromatic N) is 3. The molecule has 2 aromatic rings. The summed E-state index contributed by atoms with van der Waals surface area (Å²) in [7, 11) is 0. The van der Waals surface area contributed by atoms with Crippen molar-refractivity contribution in [2.45, 2.75) is 12.8 Å². The fourth-order valence-corrected chi connectivity index (χ4v) is 3.19. The van der Waals surface area contributed by atoms with E-state index in [0.717, 1.165) is 24.7 Å². The Morgan fingerprint density at radius 3 is 2.54 bits per heavy atom. The summed E-state index contributed by atoms with van der Waals surface area (Å²) in [4.78, 5) is 23.0. The first kappa shape index (κ1) is 17.7. The largest absolute Gasteiger partial charge is 0.493 e. The van der Waals surface area contributed by atoms with Crippen LogP contribution in [-0.4, -0.2) is 29.5 Å². The molecule has 0 bridgehead atoms. The summed E-state index contributed by atoms with van der Waals surface area (Å²) in [6.07, 6.45) is 1.86. The van der Waals surface area contributed by atoms with Crippen molar-refractivity contribution in [1.82, 2.24) is 0 Å². The molecule has 0 aliphatic carbocycles. The molecule has 8 nitrogen and oxygen atoms in total. The van der Waals surface area contributed by atoms with Gasteiger partial charge in [0.25, 0.3) is 11.4 Å². The number of hydrogen-bond donors (Lipinski definition) is 0. The summed E-state index contributed by atoms with van der Waals surface area (Å²) in [5.41, 5.74) is -0.0877. The van der Waals surface area contributed by atoms with Crippen LogP contribution in [-0.2, 0) is 0 Å². The standard InChI is InChI=1S/C18H19N3O5/c22-20(23)15-8-9-17(18(11-15)21(24)25)19-10-4-5-14(12-19)13-26-16-6-2-1-3-7-16/h1-3,6-9,11,14H,4-5,10,12-13H2. The van der Waals surface area contributed by atoms with Crippen LogP contribution in [0, 0.1) is 26.1 Å². The maximum atomic E-state index is 11.4. The van der Waals surface area contributed by atoms with Crippen molar-refractivity contribution in [3.05, 3.63) is 68.8 Å². The van der Waals surface area contributed by atoms with Gasteiger partial charge in [0, 0.05) is 25.1 Å². The molecule has 1 unspecified atom stereocenters. The van der Waals surface area contributed by atoms with Gasteiger partial charge in [0.2, 0.25) is 0 Å². The summed E-state index contributed by atoms with van der Waals surface area (Å²) < 4.78 is 5.81. The Balaban J connectivity index is 1.72. The molecule has 0 N–H and O–H groups in total. The number of para-hydroxylation sites is 1.